The number of rotatable bonds is 6. The molecule has 1 aliphatic heterocycles. The lowest BCUT2D eigenvalue weighted by atomic mass is 10.0. The SMILES string of the molecule is CC[C@@H](NC(=S)Nc1cccc(N2CCCC2=O)c1)c1ccc(OC)cc1. The van der Waals surface area contributed by atoms with Crippen molar-refractivity contribution in [3.63, 3.8) is 0 Å². The molecule has 0 spiro atoms. The van der Waals surface area contributed by atoms with Gasteiger partial charge in [-0.15, -0.1) is 0 Å². The van der Waals surface area contributed by atoms with E-state index >= 15 is 0 Å². The first-order valence-electron chi connectivity index (χ1n) is 9.22. The van der Waals surface area contributed by atoms with Crippen LogP contribution in [-0.2, 0) is 4.79 Å². The molecule has 2 aromatic rings. The first kappa shape index (κ1) is 19.2. The molecule has 0 unspecified atom stereocenters. The second-order valence-electron chi connectivity index (χ2n) is 6.53. The smallest absolute Gasteiger partial charge is 0.227 e. The number of hydrogen-bond acceptors (Lipinski definition) is 3. The number of nitrogens with zero attached hydrogens (tertiary/aromatic N) is 1. The summed E-state index contributed by atoms with van der Waals surface area (Å²) in [5.41, 5.74) is 2.93. The van der Waals surface area contributed by atoms with Crippen molar-refractivity contribution in [2.45, 2.75) is 32.2 Å². The average molecular weight is 384 g/mol. The third-order valence-electron chi connectivity index (χ3n) is 4.72. The lowest BCUT2D eigenvalue weighted by Gasteiger charge is -2.21. The molecule has 6 heteroatoms. The van der Waals surface area contributed by atoms with Crippen LogP contribution in [0.1, 0.15) is 37.8 Å². The molecule has 1 saturated heterocycles. The largest absolute Gasteiger partial charge is 0.497 e. The number of thiocarbonyl (C=S) groups is 1. The zero-order chi connectivity index (χ0) is 19.2. The number of carbonyl (C=O) groups is 1. The van der Waals surface area contributed by atoms with Gasteiger partial charge in [0.1, 0.15) is 5.75 Å². The summed E-state index contributed by atoms with van der Waals surface area (Å²) < 4.78 is 5.22. The zero-order valence-corrected chi connectivity index (χ0v) is 16.5. The Morgan fingerprint density at radius 3 is 2.67 bits per heavy atom. The first-order valence-corrected chi connectivity index (χ1v) is 9.63. The quantitative estimate of drug-likeness (QED) is 0.730. The van der Waals surface area contributed by atoms with Crippen LogP contribution in [0.5, 0.6) is 5.75 Å². The van der Waals surface area contributed by atoms with E-state index in [0.29, 0.717) is 11.5 Å². The molecule has 0 bridgehead atoms. The normalized spacial score (nSPS) is 14.7. The van der Waals surface area contributed by atoms with Crippen molar-refractivity contribution in [2.75, 3.05) is 23.9 Å². The number of benzene rings is 2. The molecule has 142 valence electrons. The van der Waals surface area contributed by atoms with Gasteiger partial charge in [0.2, 0.25) is 5.91 Å². The fourth-order valence-electron chi connectivity index (χ4n) is 3.26. The Morgan fingerprint density at radius 2 is 2.04 bits per heavy atom. The van der Waals surface area contributed by atoms with Crippen molar-refractivity contribution >= 4 is 34.6 Å². The van der Waals surface area contributed by atoms with Crippen LogP contribution in [0.15, 0.2) is 48.5 Å². The third kappa shape index (κ3) is 4.77. The Balaban J connectivity index is 1.64. The molecule has 2 aromatic carbocycles. The monoisotopic (exact) mass is 383 g/mol. The standard InChI is InChI=1S/C21H25N3O2S/c1-3-19(15-9-11-18(26-2)12-10-15)23-21(27)22-16-6-4-7-17(14-16)24-13-5-8-20(24)25/h4,6-7,9-12,14,19H,3,5,8,13H2,1-2H3,(H2,22,23,27)/t19-/m1/s1. The van der Waals surface area contributed by atoms with Crippen LogP contribution in [0.25, 0.3) is 0 Å². The van der Waals surface area contributed by atoms with Gasteiger partial charge in [0.15, 0.2) is 5.11 Å². The van der Waals surface area contributed by atoms with Gasteiger partial charge < -0.3 is 20.3 Å². The molecular formula is C21H25N3O2S. The Morgan fingerprint density at radius 1 is 1.26 bits per heavy atom. The number of nitrogens with one attached hydrogen (secondary N) is 2. The molecule has 0 radical (unpaired) electrons. The van der Waals surface area contributed by atoms with Crippen LogP contribution in [0.2, 0.25) is 0 Å². The number of hydrogen-bond donors (Lipinski definition) is 2. The zero-order valence-electron chi connectivity index (χ0n) is 15.7. The molecule has 27 heavy (non-hydrogen) atoms. The van der Waals surface area contributed by atoms with Gasteiger partial charge in [-0.05, 0) is 61.0 Å². The molecule has 1 atom stereocenters. The lowest BCUT2D eigenvalue weighted by Crippen LogP contribution is -2.32. The van der Waals surface area contributed by atoms with E-state index in [1.54, 1.807) is 7.11 Å². The van der Waals surface area contributed by atoms with Crippen molar-refractivity contribution in [1.29, 1.82) is 0 Å². The molecule has 0 aromatic heterocycles. The molecule has 3 rings (SSSR count). The minimum Gasteiger partial charge on any atom is -0.497 e. The number of ether oxygens (including phenoxy) is 1. The van der Waals surface area contributed by atoms with Crippen LogP contribution in [0.3, 0.4) is 0 Å². The van der Waals surface area contributed by atoms with Crippen molar-refractivity contribution in [2.24, 2.45) is 0 Å². The van der Waals surface area contributed by atoms with E-state index < -0.39 is 0 Å². The summed E-state index contributed by atoms with van der Waals surface area (Å²) in [7, 11) is 1.66. The number of amides is 1. The maximum absolute atomic E-state index is 12.0. The van der Waals surface area contributed by atoms with Crippen LogP contribution in [0.4, 0.5) is 11.4 Å². The maximum atomic E-state index is 12.0. The fraction of sp³-hybridized carbons (Fsp3) is 0.333. The van der Waals surface area contributed by atoms with E-state index in [0.717, 1.165) is 42.1 Å². The summed E-state index contributed by atoms with van der Waals surface area (Å²) in [6.45, 7) is 2.89. The van der Waals surface area contributed by atoms with Crippen molar-refractivity contribution in [1.82, 2.24) is 5.32 Å². The highest BCUT2D eigenvalue weighted by Gasteiger charge is 2.21. The second kappa shape index (κ2) is 8.86. The molecule has 2 N–H and O–H groups in total. The third-order valence-corrected chi connectivity index (χ3v) is 4.94. The van der Waals surface area contributed by atoms with Crippen LogP contribution in [0, 0.1) is 0 Å². The molecule has 1 aliphatic rings. The molecule has 5 nitrogen and oxygen atoms in total. The Kier molecular flexibility index (Phi) is 6.29. The number of carbonyl (C=O) groups excluding carboxylic acids is 1. The van der Waals surface area contributed by atoms with Crippen molar-refractivity contribution in [3.05, 3.63) is 54.1 Å². The van der Waals surface area contributed by atoms with Crippen LogP contribution < -0.4 is 20.3 Å². The van der Waals surface area contributed by atoms with E-state index in [1.165, 1.54) is 0 Å². The fourth-order valence-corrected chi connectivity index (χ4v) is 3.52. The van der Waals surface area contributed by atoms with Crippen molar-refractivity contribution in [3.8, 4) is 5.75 Å². The highest BCUT2D eigenvalue weighted by Crippen LogP contribution is 2.25. The highest BCUT2D eigenvalue weighted by atomic mass is 32.1. The lowest BCUT2D eigenvalue weighted by molar-refractivity contribution is -0.117. The molecule has 0 aliphatic carbocycles. The van der Waals surface area contributed by atoms with E-state index in [2.05, 4.69) is 17.6 Å². The van der Waals surface area contributed by atoms with E-state index in [9.17, 15) is 4.79 Å². The van der Waals surface area contributed by atoms with E-state index in [4.69, 9.17) is 17.0 Å². The van der Waals surface area contributed by atoms with Crippen molar-refractivity contribution < 1.29 is 9.53 Å². The van der Waals surface area contributed by atoms with Gasteiger partial charge in [-0.3, -0.25) is 4.79 Å². The molecular weight excluding hydrogens is 358 g/mol. The van der Waals surface area contributed by atoms with Gasteiger partial charge in [-0.2, -0.15) is 0 Å². The van der Waals surface area contributed by atoms with Gasteiger partial charge >= 0.3 is 0 Å². The Hall–Kier alpha value is -2.60. The van der Waals surface area contributed by atoms with Crippen LogP contribution in [-0.4, -0.2) is 24.7 Å². The first-order chi connectivity index (χ1) is 13.1. The summed E-state index contributed by atoms with van der Waals surface area (Å²) in [4.78, 5) is 13.8. The summed E-state index contributed by atoms with van der Waals surface area (Å²) in [5, 5.41) is 7.16. The molecule has 1 fully saturated rings. The average Bonchev–Trinajstić information content (AvgIpc) is 3.12. The van der Waals surface area contributed by atoms with E-state index in [1.807, 2.05) is 53.4 Å². The maximum Gasteiger partial charge on any atom is 0.227 e. The predicted octanol–water partition coefficient (Wildman–Crippen LogP) is 4.26. The Labute approximate surface area is 165 Å². The summed E-state index contributed by atoms with van der Waals surface area (Å²) in [6, 6.07) is 15.9. The topological polar surface area (TPSA) is 53.6 Å². The van der Waals surface area contributed by atoms with E-state index in [-0.39, 0.29) is 11.9 Å². The molecule has 0 saturated carbocycles. The summed E-state index contributed by atoms with van der Waals surface area (Å²) in [5.74, 6) is 1.01. The Bertz CT molecular complexity index is 807. The van der Waals surface area contributed by atoms with Gasteiger partial charge in [0.25, 0.3) is 0 Å². The second-order valence-corrected chi connectivity index (χ2v) is 6.94. The summed E-state index contributed by atoms with van der Waals surface area (Å²) in [6.07, 6.45) is 2.44. The predicted molar refractivity (Wildman–Crippen MR) is 113 cm³/mol. The number of methoxy groups -OCH3 is 1. The summed E-state index contributed by atoms with van der Waals surface area (Å²) >= 11 is 5.50. The van der Waals surface area contributed by atoms with Gasteiger partial charge in [0, 0.05) is 24.3 Å². The minimum absolute atomic E-state index is 0.110. The van der Waals surface area contributed by atoms with Gasteiger partial charge in [-0.25, -0.2) is 0 Å². The van der Waals surface area contributed by atoms with Gasteiger partial charge in [0.05, 0.1) is 13.2 Å². The van der Waals surface area contributed by atoms with Crippen LogP contribution >= 0.6 is 12.2 Å². The molecule has 1 amide bonds. The molecule has 1 heterocycles. The number of anilines is 2. The minimum atomic E-state index is 0.110. The van der Waals surface area contributed by atoms with Gasteiger partial charge in [-0.1, -0.05) is 25.1 Å². The highest BCUT2D eigenvalue weighted by molar-refractivity contribution is 7.80.